The molecule has 0 unspecified atom stereocenters. The Hall–Kier alpha value is -3.27. The van der Waals surface area contributed by atoms with Gasteiger partial charge in [0.25, 0.3) is 5.91 Å². The molecular weight excluding hydrogens is 524 g/mol. The second-order valence-corrected chi connectivity index (χ2v) is 12.9. The van der Waals surface area contributed by atoms with E-state index in [0.29, 0.717) is 43.4 Å². The minimum Gasteiger partial charge on any atom is -0.366 e. The molecule has 2 fully saturated rings. The van der Waals surface area contributed by atoms with Gasteiger partial charge in [0.15, 0.2) is 5.78 Å². The quantitative estimate of drug-likeness (QED) is 0.391. The molecule has 1 aliphatic heterocycles. The molecule has 2 aliphatic rings. The number of hydrogen-bond donors (Lipinski definition) is 1. The van der Waals surface area contributed by atoms with Gasteiger partial charge in [0.1, 0.15) is 0 Å². The van der Waals surface area contributed by atoms with Crippen LogP contribution in [0, 0.1) is 12.8 Å². The zero-order valence-electron chi connectivity index (χ0n) is 23.1. The minimum atomic E-state index is -3.63. The number of Topliss-reactive ketones (excluding diaryl/α,β-unsaturated/α-hetero) is 1. The third-order valence-electron chi connectivity index (χ3n) is 8.38. The standard InChI is InChI=1S/C31H38N4O4S/c1-23-28(31(32)37)20-29(35(23)21-24-8-4-2-5-9-24)30(36)22-33-16-18-34(19-17-33)40(38,39)27-14-12-26(13-15-27)25-10-6-3-7-11-25/h3,6-7,10-15,20,24H,2,4-5,8-9,16-19,21-22H2,1H3,(H2,32,37). The van der Waals surface area contributed by atoms with E-state index < -0.39 is 15.9 Å². The van der Waals surface area contributed by atoms with E-state index in [9.17, 15) is 18.0 Å². The van der Waals surface area contributed by atoms with Crippen LogP contribution in [-0.4, -0.2) is 66.6 Å². The van der Waals surface area contributed by atoms with Gasteiger partial charge in [-0.3, -0.25) is 14.5 Å². The fourth-order valence-corrected chi connectivity index (χ4v) is 7.42. The van der Waals surface area contributed by atoms with Crippen molar-refractivity contribution in [3.8, 4) is 11.1 Å². The lowest BCUT2D eigenvalue weighted by molar-refractivity contribution is 0.0890. The average molecular weight is 563 g/mol. The number of sulfonamides is 1. The van der Waals surface area contributed by atoms with Crippen LogP contribution in [0.15, 0.2) is 65.6 Å². The van der Waals surface area contributed by atoms with Gasteiger partial charge >= 0.3 is 0 Å². The molecule has 212 valence electrons. The highest BCUT2D eigenvalue weighted by molar-refractivity contribution is 7.89. The maximum absolute atomic E-state index is 13.5. The van der Waals surface area contributed by atoms with Crippen LogP contribution in [0.4, 0.5) is 0 Å². The van der Waals surface area contributed by atoms with Crippen molar-refractivity contribution in [2.75, 3.05) is 32.7 Å². The fourth-order valence-electron chi connectivity index (χ4n) is 6.00. The molecule has 3 aromatic rings. The van der Waals surface area contributed by atoms with E-state index in [0.717, 1.165) is 36.2 Å². The van der Waals surface area contributed by atoms with Crippen molar-refractivity contribution in [2.24, 2.45) is 11.7 Å². The van der Waals surface area contributed by atoms with E-state index in [2.05, 4.69) is 0 Å². The molecule has 1 amide bonds. The predicted molar refractivity (Wildman–Crippen MR) is 156 cm³/mol. The molecule has 2 N–H and O–H groups in total. The van der Waals surface area contributed by atoms with Crippen LogP contribution >= 0.6 is 0 Å². The molecule has 0 radical (unpaired) electrons. The van der Waals surface area contributed by atoms with Gasteiger partial charge < -0.3 is 10.3 Å². The Morgan fingerprint density at radius 1 is 0.875 bits per heavy atom. The summed E-state index contributed by atoms with van der Waals surface area (Å²) in [5.74, 6) is -0.105. The van der Waals surface area contributed by atoms with Gasteiger partial charge in [0, 0.05) is 38.4 Å². The van der Waals surface area contributed by atoms with E-state index in [4.69, 9.17) is 5.73 Å². The Labute approximate surface area is 236 Å². The van der Waals surface area contributed by atoms with Crippen molar-refractivity contribution >= 4 is 21.7 Å². The number of piperazine rings is 1. The molecule has 2 aromatic carbocycles. The SMILES string of the molecule is Cc1c(C(N)=O)cc(C(=O)CN2CCN(S(=O)(=O)c3ccc(-c4ccccc4)cc3)CC2)n1CC1CCCCC1. The molecule has 5 rings (SSSR count). The maximum Gasteiger partial charge on any atom is 0.250 e. The third kappa shape index (κ3) is 6.06. The molecule has 0 spiro atoms. The largest absolute Gasteiger partial charge is 0.366 e. The Kier molecular flexibility index (Phi) is 8.54. The van der Waals surface area contributed by atoms with Gasteiger partial charge in [0.2, 0.25) is 10.0 Å². The van der Waals surface area contributed by atoms with Crippen molar-refractivity contribution in [3.63, 3.8) is 0 Å². The van der Waals surface area contributed by atoms with E-state index in [1.54, 1.807) is 18.2 Å². The fraction of sp³-hybridized carbons (Fsp3) is 0.419. The first-order valence-electron chi connectivity index (χ1n) is 14.1. The Bertz CT molecular complexity index is 1450. The van der Waals surface area contributed by atoms with Crippen LogP contribution in [0.25, 0.3) is 11.1 Å². The third-order valence-corrected chi connectivity index (χ3v) is 10.3. The summed E-state index contributed by atoms with van der Waals surface area (Å²) in [6, 6.07) is 18.5. The lowest BCUT2D eigenvalue weighted by Crippen LogP contribution is -2.49. The number of hydrogen-bond acceptors (Lipinski definition) is 5. The summed E-state index contributed by atoms with van der Waals surface area (Å²) in [6.07, 6.45) is 5.90. The van der Waals surface area contributed by atoms with Crippen LogP contribution in [0.2, 0.25) is 0 Å². The Balaban J connectivity index is 1.23. The van der Waals surface area contributed by atoms with Crippen LogP contribution in [0.1, 0.15) is 58.6 Å². The number of aromatic nitrogens is 1. The van der Waals surface area contributed by atoms with Gasteiger partial charge in [0.05, 0.1) is 22.7 Å². The molecule has 8 nitrogen and oxygen atoms in total. The van der Waals surface area contributed by atoms with E-state index in [1.807, 2.05) is 58.9 Å². The van der Waals surface area contributed by atoms with Crippen LogP contribution in [-0.2, 0) is 16.6 Å². The first kappa shape index (κ1) is 28.3. The van der Waals surface area contributed by atoms with Crippen molar-refractivity contribution in [1.82, 2.24) is 13.8 Å². The van der Waals surface area contributed by atoms with Crippen molar-refractivity contribution in [2.45, 2.75) is 50.5 Å². The van der Waals surface area contributed by atoms with Crippen molar-refractivity contribution < 1.29 is 18.0 Å². The van der Waals surface area contributed by atoms with Gasteiger partial charge in [-0.25, -0.2) is 8.42 Å². The topological polar surface area (TPSA) is 106 Å². The molecule has 0 bridgehead atoms. The summed E-state index contributed by atoms with van der Waals surface area (Å²) in [7, 11) is -3.63. The lowest BCUT2D eigenvalue weighted by Gasteiger charge is -2.33. The summed E-state index contributed by atoms with van der Waals surface area (Å²) in [5.41, 5.74) is 9.28. The number of primary amides is 1. The zero-order chi connectivity index (χ0) is 28.3. The highest BCUT2D eigenvalue weighted by atomic mass is 32.2. The molecule has 1 saturated carbocycles. The molecule has 0 atom stereocenters. The van der Waals surface area contributed by atoms with E-state index >= 15 is 0 Å². The second-order valence-electron chi connectivity index (χ2n) is 11.0. The molecule has 1 aromatic heterocycles. The highest BCUT2D eigenvalue weighted by Gasteiger charge is 2.30. The lowest BCUT2D eigenvalue weighted by atomic mass is 9.89. The number of carbonyl (C=O) groups excluding carboxylic acids is 2. The number of rotatable bonds is 9. The van der Waals surface area contributed by atoms with Crippen molar-refractivity contribution in [3.05, 3.63) is 77.6 Å². The first-order valence-corrected chi connectivity index (χ1v) is 15.6. The maximum atomic E-state index is 13.5. The summed E-state index contributed by atoms with van der Waals surface area (Å²) < 4.78 is 30.1. The average Bonchev–Trinajstić information content (AvgIpc) is 3.30. The van der Waals surface area contributed by atoms with Crippen LogP contribution in [0.3, 0.4) is 0 Å². The smallest absolute Gasteiger partial charge is 0.250 e. The van der Waals surface area contributed by atoms with Gasteiger partial charge in [-0.15, -0.1) is 0 Å². The molecule has 2 heterocycles. The second kappa shape index (κ2) is 12.1. The monoisotopic (exact) mass is 562 g/mol. The normalized spacial score (nSPS) is 17.6. The molecular formula is C31H38N4O4S. The van der Waals surface area contributed by atoms with Gasteiger partial charge in [-0.1, -0.05) is 61.7 Å². The Morgan fingerprint density at radius 2 is 1.50 bits per heavy atom. The number of carbonyl (C=O) groups is 2. The highest BCUT2D eigenvalue weighted by Crippen LogP contribution is 2.28. The summed E-state index contributed by atoms with van der Waals surface area (Å²) >= 11 is 0. The van der Waals surface area contributed by atoms with E-state index in [1.165, 1.54) is 23.6 Å². The summed E-state index contributed by atoms with van der Waals surface area (Å²) in [5, 5.41) is 0. The molecule has 9 heteroatoms. The van der Waals surface area contributed by atoms with E-state index in [-0.39, 0.29) is 17.2 Å². The molecule has 1 aliphatic carbocycles. The number of nitrogens with zero attached hydrogens (tertiary/aromatic N) is 3. The minimum absolute atomic E-state index is 0.0702. The number of benzene rings is 2. The number of ketones is 1. The summed E-state index contributed by atoms with van der Waals surface area (Å²) in [6.45, 7) is 4.28. The number of nitrogens with two attached hydrogens (primary N) is 1. The molecule has 40 heavy (non-hydrogen) atoms. The van der Waals surface area contributed by atoms with Gasteiger partial charge in [-0.05, 0) is 55.0 Å². The van der Waals surface area contributed by atoms with Gasteiger partial charge in [-0.2, -0.15) is 4.31 Å². The van der Waals surface area contributed by atoms with Crippen molar-refractivity contribution in [1.29, 1.82) is 0 Å². The van der Waals surface area contributed by atoms with Crippen LogP contribution < -0.4 is 5.73 Å². The molecule has 1 saturated heterocycles. The zero-order valence-corrected chi connectivity index (χ0v) is 23.9. The Morgan fingerprint density at radius 3 is 2.12 bits per heavy atom. The first-order chi connectivity index (χ1) is 19.2. The van der Waals surface area contributed by atoms with Crippen LogP contribution in [0.5, 0.6) is 0 Å². The summed E-state index contributed by atoms with van der Waals surface area (Å²) in [4.78, 5) is 27.8. The predicted octanol–water partition coefficient (Wildman–Crippen LogP) is 4.33. The number of amides is 1.